The molecule has 1 aliphatic heterocycles. The fourth-order valence-electron chi connectivity index (χ4n) is 3.22. The molecule has 1 saturated carbocycles. The van der Waals surface area contributed by atoms with Gasteiger partial charge in [0.15, 0.2) is 0 Å². The van der Waals surface area contributed by atoms with Crippen LogP contribution >= 0.6 is 11.8 Å². The van der Waals surface area contributed by atoms with Crippen LogP contribution in [0.25, 0.3) is 0 Å². The Morgan fingerprint density at radius 1 is 1.16 bits per heavy atom. The number of anilines is 1. The summed E-state index contributed by atoms with van der Waals surface area (Å²) in [6, 6.07) is 5.24. The normalized spacial score (nSPS) is 22.8. The van der Waals surface area contributed by atoms with Crippen molar-refractivity contribution in [2.45, 2.75) is 19.8 Å². The van der Waals surface area contributed by atoms with E-state index < -0.39 is 17.8 Å². The number of carbonyl (C=O) groups excluding carboxylic acids is 2. The third-order valence-electron chi connectivity index (χ3n) is 4.96. The van der Waals surface area contributed by atoms with Gasteiger partial charge >= 0.3 is 5.97 Å². The minimum absolute atomic E-state index is 0.0196. The average molecular weight is 362 g/mol. The van der Waals surface area contributed by atoms with Crippen LogP contribution in [0.15, 0.2) is 18.2 Å². The summed E-state index contributed by atoms with van der Waals surface area (Å²) in [4.78, 5) is 37.7. The van der Waals surface area contributed by atoms with Gasteiger partial charge in [0, 0.05) is 35.8 Å². The average Bonchev–Trinajstić information content (AvgIpc) is 2.55. The van der Waals surface area contributed by atoms with Crippen molar-refractivity contribution in [3.63, 3.8) is 0 Å². The van der Waals surface area contributed by atoms with Gasteiger partial charge in [0.25, 0.3) is 5.91 Å². The lowest BCUT2D eigenvalue weighted by Gasteiger charge is -2.32. The highest BCUT2D eigenvalue weighted by Crippen LogP contribution is 2.35. The minimum atomic E-state index is -0.913. The van der Waals surface area contributed by atoms with Crippen LogP contribution in [0.3, 0.4) is 0 Å². The Kier molecular flexibility index (Phi) is 5.32. The van der Waals surface area contributed by atoms with Crippen LogP contribution in [0.5, 0.6) is 0 Å². The van der Waals surface area contributed by atoms with Crippen LogP contribution in [-0.2, 0) is 9.59 Å². The van der Waals surface area contributed by atoms with Gasteiger partial charge in [-0.3, -0.25) is 14.4 Å². The summed E-state index contributed by atoms with van der Waals surface area (Å²) in [7, 11) is 0. The third-order valence-corrected chi connectivity index (χ3v) is 5.90. The van der Waals surface area contributed by atoms with Crippen molar-refractivity contribution in [3.8, 4) is 0 Å². The number of amides is 2. The molecule has 1 heterocycles. The SMILES string of the molecule is Cc1cc(C(=O)N2CCSCC2)ccc1NC(=O)C1CCC1C(=O)O. The Hall–Kier alpha value is -2.02. The monoisotopic (exact) mass is 362 g/mol. The zero-order chi connectivity index (χ0) is 18.0. The van der Waals surface area contributed by atoms with E-state index in [0.29, 0.717) is 24.1 Å². The first-order chi connectivity index (χ1) is 12.0. The van der Waals surface area contributed by atoms with Crippen molar-refractivity contribution in [2.24, 2.45) is 11.8 Å². The number of hydrogen-bond donors (Lipinski definition) is 2. The van der Waals surface area contributed by atoms with Crippen molar-refractivity contribution in [1.82, 2.24) is 4.90 Å². The lowest BCUT2D eigenvalue weighted by molar-refractivity contribution is -0.151. The number of carboxylic acids is 1. The Labute approximate surface area is 151 Å². The van der Waals surface area contributed by atoms with E-state index in [1.165, 1.54) is 0 Å². The van der Waals surface area contributed by atoms with E-state index in [0.717, 1.165) is 30.2 Å². The predicted molar refractivity (Wildman–Crippen MR) is 96.9 cm³/mol. The van der Waals surface area contributed by atoms with Gasteiger partial charge in [0.2, 0.25) is 5.91 Å². The molecule has 1 saturated heterocycles. The highest BCUT2D eigenvalue weighted by molar-refractivity contribution is 7.99. The van der Waals surface area contributed by atoms with Gasteiger partial charge in [-0.25, -0.2) is 0 Å². The smallest absolute Gasteiger partial charge is 0.307 e. The van der Waals surface area contributed by atoms with Gasteiger partial charge in [0.1, 0.15) is 0 Å². The molecule has 25 heavy (non-hydrogen) atoms. The fourth-order valence-corrected chi connectivity index (χ4v) is 4.12. The predicted octanol–water partition coefficient (Wildman–Crippen LogP) is 2.23. The summed E-state index contributed by atoms with van der Waals surface area (Å²) in [5.74, 6) is -0.276. The van der Waals surface area contributed by atoms with E-state index in [2.05, 4.69) is 5.32 Å². The first-order valence-corrected chi connectivity index (χ1v) is 9.64. The molecule has 1 aromatic rings. The second-order valence-electron chi connectivity index (χ2n) is 6.55. The Morgan fingerprint density at radius 2 is 1.84 bits per heavy atom. The molecule has 0 aromatic heterocycles. The Bertz CT molecular complexity index is 700. The molecule has 2 fully saturated rings. The molecule has 2 aliphatic rings. The summed E-state index contributed by atoms with van der Waals surface area (Å²) in [5.41, 5.74) is 2.05. The van der Waals surface area contributed by atoms with Crippen molar-refractivity contribution in [1.29, 1.82) is 0 Å². The van der Waals surface area contributed by atoms with Crippen LogP contribution in [-0.4, -0.2) is 52.4 Å². The van der Waals surface area contributed by atoms with E-state index in [1.54, 1.807) is 18.2 Å². The third kappa shape index (κ3) is 3.81. The maximum atomic E-state index is 12.5. The fraction of sp³-hybridized carbons (Fsp3) is 0.500. The summed E-state index contributed by atoms with van der Waals surface area (Å²) in [6.45, 7) is 3.37. The molecule has 2 atom stereocenters. The first-order valence-electron chi connectivity index (χ1n) is 8.48. The van der Waals surface area contributed by atoms with Crippen LogP contribution in [0.1, 0.15) is 28.8 Å². The summed E-state index contributed by atoms with van der Waals surface area (Å²) >= 11 is 1.85. The van der Waals surface area contributed by atoms with Crippen LogP contribution < -0.4 is 5.32 Å². The van der Waals surface area contributed by atoms with Crippen LogP contribution in [0, 0.1) is 18.8 Å². The molecule has 2 amide bonds. The maximum absolute atomic E-state index is 12.5. The number of aliphatic carboxylic acids is 1. The van der Waals surface area contributed by atoms with Gasteiger partial charge in [-0.1, -0.05) is 0 Å². The summed E-state index contributed by atoms with van der Waals surface area (Å²) in [6.07, 6.45) is 1.15. The molecule has 2 N–H and O–H groups in total. The number of nitrogens with one attached hydrogen (secondary N) is 1. The molecule has 6 nitrogen and oxygen atoms in total. The molecule has 1 aliphatic carbocycles. The van der Waals surface area contributed by atoms with E-state index in [-0.39, 0.29) is 11.8 Å². The van der Waals surface area contributed by atoms with Crippen molar-refractivity contribution in [3.05, 3.63) is 29.3 Å². The number of nitrogens with zero attached hydrogens (tertiary/aromatic N) is 1. The van der Waals surface area contributed by atoms with E-state index >= 15 is 0 Å². The van der Waals surface area contributed by atoms with Gasteiger partial charge in [0.05, 0.1) is 11.8 Å². The number of aryl methyl sites for hydroxylation is 1. The molecule has 1 aromatic carbocycles. The molecule has 0 radical (unpaired) electrons. The quantitative estimate of drug-likeness (QED) is 0.858. The first kappa shape index (κ1) is 17.8. The molecule has 0 spiro atoms. The number of benzene rings is 1. The van der Waals surface area contributed by atoms with E-state index in [4.69, 9.17) is 5.11 Å². The molecule has 3 rings (SSSR count). The lowest BCUT2D eigenvalue weighted by Crippen LogP contribution is -2.41. The van der Waals surface area contributed by atoms with Crippen molar-refractivity contribution in [2.75, 3.05) is 29.9 Å². The lowest BCUT2D eigenvalue weighted by atomic mass is 9.73. The Balaban J connectivity index is 1.66. The molecular formula is C18H22N2O4S. The molecular weight excluding hydrogens is 340 g/mol. The van der Waals surface area contributed by atoms with Crippen LogP contribution in [0.4, 0.5) is 5.69 Å². The van der Waals surface area contributed by atoms with Gasteiger partial charge in [-0.05, 0) is 43.5 Å². The molecule has 7 heteroatoms. The van der Waals surface area contributed by atoms with Gasteiger partial charge in [-0.15, -0.1) is 0 Å². The van der Waals surface area contributed by atoms with Gasteiger partial charge in [-0.2, -0.15) is 11.8 Å². The zero-order valence-corrected chi connectivity index (χ0v) is 15.0. The number of thioether (sulfide) groups is 1. The van der Waals surface area contributed by atoms with Crippen molar-refractivity contribution >= 4 is 35.2 Å². The minimum Gasteiger partial charge on any atom is -0.481 e. The Morgan fingerprint density at radius 3 is 2.40 bits per heavy atom. The molecule has 0 bridgehead atoms. The molecule has 134 valence electrons. The number of rotatable bonds is 4. The van der Waals surface area contributed by atoms with Crippen LogP contribution in [0.2, 0.25) is 0 Å². The number of hydrogen-bond acceptors (Lipinski definition) is 4. The summed E-state index contributed by atoms with van der Waals surface area (Å²) in [5, 5.41) is 11.9. The highest BCUT2D eigenvalue weighted by atomic mass is 32.2. The highest BCUT2D eigenvalue weighted by Gasteiger charge is 2.41. The summed E-state index contributed by atoms with van der Waals surface area (Å²) < 4.78 is 0. The zero-order valence-electron chi connectivity index (χ0n) is 14.2. The standard InChI is InChI=1S/C18H22N2O4S/c1-11-10-12(17(22)20-6-8-25-9-7-20)2-5-15(11)19-16(21)13-3-4-14(13)18(23)24/h2,5,10,13-14H,3-4,6-9H2,1H3,(H,19,21)(H,23,24). The number of carboxylic acid groups (broad SMARTS) is 1. The second kappa shape index (κ2) is 7.47. The maximum Gasteiger partial charge on any atom is 0.307 e. The van der Waals surface area contributed by atoms with Gasteiger partial charge < -0.3 is 15.3 Å². The van der Waals surface area contributed by atoms with E-state index in [1.807, 2.05) is 23.6 Å². The largest absolute Gasteiger partial charge is 0.481 e. The second-order valence-corrected chi connectivity index (χ2v) is 7.78. The van der Waals surface area contributed by atoms with Crippen molar-refractivity contribution < 1.29 is 19.5 Å². The van der Waals surface area contributed by atoms with E-state index in [9.17, 15) is 14.4 Å². The molecule has 2 unspecified atom stereocenters. The number of carbonyl (C=O) groups is 3. The topological polar surface area (TPSA) is 86.7 Å².